The van der Waals surface area contributed by atoms with E-state index in [0.29, 0.717) is 11.8 Å². The van der Waals surface area contributed by atoms with Gasteiger partial charge in [-0.05, 0) is 32.4 Å². The van der Waals surface area contributed by atoms with E-state index in [1.165, 1.54) is 0 Å². The van der Waals surface area contributed by atoms with Gasteiger partial charge in [-0.3, -0.25) is 4.79 Å². The van der Waals surface area contributed by atoms with Crippen LogP contribution in [0.4, 0.5) is 0 Å². The van der Waals surface area contributed by atoms with E-state index in [1.807, 2.05) is 45.0 Å². The number of nitrogens with zero attached hydrogens (tertiary/aromatic N) is 2. The van der Waals surface area contributed by atoms with Gasteiger partial charge in [0.1, 0.15) is 13.2 Å². The van der Waals surface area contributed by atoms with Crippen LogP contribution in [0.25, 0.3) is 10.8 Å². The fourth-order valence-corrected chi connectivity index (χ4v) is 1.92. The molecule has 2 aromatic rings. The fraction of sp³-hybridized carbons (Fsp3) is 0.471. The lowest BCUT2D eigenvalue weighted by atomic mass is 9.91. The van der Waals surface area contributed by atoms with E-state index in [4.69, 9.17) is 14.2 Å². The van der Waals surface area contributed by atoms with Gasteiger partial charge in [0.05, 0.1) is 23.3 Å². The number of rotatable bonds is 7. The molecule has 0 saturated heterocycles. The largest absolute Gasteiger partial charge is 0.479 e. The summed E-state index contributed by atoms with van der Waals surface area (Å²) >= 11 is 0. The van der Waals surface area contributed by atoms with Gasteiger partial charge in [-0.1, -0.05) is 19.1 Å². The average Bonchev–Trinajstić information content (AvgIpc) is 2.58. The molecule has 6 nitrogen and oxygen atoms in total. The minimum absolute atomic E-state index is 0.171. The molecule has 0 spiro atoms. The summed E-state index contributed by atoms with van der Waals surface area (Å²) in [6, 6.07) is 7.55. The topological polar surface area (TPSA) is 70.5 Å². The molecule has 124 valence electrons. The fourth-order valence-electron chi connectivity index (χ4n) is 1.92. The van der Waals surface area contributed by atoms with Crippen LogP contribution in [0.1, 0.15) is 27.2 Å². The zero-order valence-electron chi connectivity index (χ0n) is 14.0. The number of aromatic nitrogens is 2. The Morgan fingerprint density at radius 2 is 1.70 bits per heavy atom. The highest BCUT2D eigenvalue weighted by molar-refractivity contribution is 5.90. The number of carbonyl (C=O) groups excluding carboxylic acids is 1. The molecule has 0 aliphatic carbocycles. The molecule has 1 heterocycles. The highest BCUT2D eigenvalue weighted by Crippen LogP contribution is 2.28. The van der Waals surface area contributed by atoms with Gasteiger partial charge in [0, 0.05) is 0 Å². The van der Waals surface area contributed by atoms with E-state index in [1.54, 1.807) is 7.11 Å². The maximum absolute atomic E-state index is 11.9. The minimum Gasteiger partial charge on any atom is -0.479 e. The van der Waals surface area contributed by atoms with Gasteiger partial charge in [0.25, 0.3) is 0 Å². The molecular weight excluding hydrogens is 296 g/mol. The predicted molar refractivity (Wildman–Crippen MR) is 86.6 cm³/mol. The number of benzene rings is 1. The number of ether oxygens (including phenoxy) is 3. The van der Waals surface area contributed by atoms with Crippen LogP contribution in [0.15, 0.2) is 24.3 Å². The quantitative estimate of drug-likeness (QED) is 0.577. The normalized spacial score (nSPS) is 11.3. The van der Waals surface area contributed by atoms with Crippen molar-refractivity contribution in [3.63, 3.8) is 0 Å². The van der Waals surface area contributed by atoms with Gasteiger partial charge in [0.15, 0.2) is 0 Å². The number of carbonyl (C=O) groups is 1. The lowest BCUT2D eigenvalue weighted by molar-refractivity contribution is -0.154. The lowest BCUT2D eigenvalue weighted by Gasteiger charge is -2.20. The Kier molecular flexibility index (Phi) is 5.36. The molecule has 1 aromatic heterocycles. The second-order valence-corrected chi connectivity index (χ2v) is 5.78. The van der Waals surface area contributed by atoms with Gasteiger partial charge < -0.3 is 14.2 Å². The van der Waals surface area contributed by atoms with Crippen LogP contribution in [0.5, 0.6) is 11.8 Å². The number of fused-ring (bicyclic) bond motifs is 1. The first-order valence-electron chi connectivity index (χ1n) is 7.59. The highest BCUT2D eigenvalue weighted by atomic mass is 16.6. The summed E-state index contributed by atoms with van der Waals surface area (Å²) in [7, 11) is 1.55. The van der Waals surface area contributed by atoms with E-state index in [2.05, 4.69) is 10.2 Å². The molecule has 0 atom stereocenters. The number of esters is 1. The standard InChI is InChI=1S/C17H22N2O4/c1-5-17(2,3)16(20)23-11-10-22-15-13-9-7-6-8-12(13)14(21-4)18-19-15/h6-9H,5,10-11H2,1-4H3. The summed E-state index contributed by atoms with van der Waals surface area (Å²) in [4.78, 5) is 11.9. The predicted octanol–water partition coefficient (Wildman–Crippen LogP) is 3.00. The van der Waals surface area contributed by atoms with E-state index < -0.39 is 5.41 Å². The maximum atomic E-state index is 11.9. The monoisotopic (exact) mass is 318 g/mol. The first kappa shape index (κ1) is 17.0. The molecule has 0 fully saturated rings. The third-order valence-electron chi connectivity index (χ3n) is 3.80. The van der Waals surface area contributed by atoms with Crippen molar-refractivity contribution in [3.05, 3.63) is 24.3 Å². The summed E-state index contributed by atoms with van der Waals surface area (Å²) < 4.78 is 16.0. The van der Waals surface area contributed by atoms with Crippen molar-refractivity contribution in [2.24, 2.45) is 5.41 Å². The molecule has 1 aromatic carbocycles. The van der Waals surface area contributed by atoms with Gasteiger partial charge in [-0.2, -0.15) is 0 Å². The Morgan fingerprint density at radius 1 is 1.09 bits per heavy atom. The number of methoxy groups -OCH3 is 1. The Hall–Kier alpha value is -2.37. The summed E-state index contributed by atoms with van der Waals surface area (Å²) in [5, 5.41) is 9.64. The highest BCUT2D eigenvalue weighted by Gasteiger charge is 2.26. The molecule has 23 heavy (non-hydrogen) atoms. The zero-order valence-corrected chi connectivity index (χ0v) is 14.0. The van der Waals surface area contributed by atoms with E-state index in [9.17, 15) is 4.79 Å². The van der Waals surface area contributed by atoms with Gasteiger partial charge in [-0.15, -0.1) is 10.2 Å². The first-order valence-corrected chi connectivity index (χ1v) is 7.59. The van der Waals surface area contributed by atoms with Crippen molar-refractivity contribution in [1.29, 1.82) is 0 Å². The van der Waals surface area contributed by atoms with Gasteiger partial charge >= 0.3 is 5.97 Å². The van der Waals surface area contributed by atoms with E-state index in [-0.39, 0.29) is 19.2 Å². The van der Waals surface area contributed by atoms with Crippen LogP contribution in [-0.4, -0.2) is 36.5 Å². The number of hydrogen-bond donors (Lipinski definition) is 0. The van der Waals surface area contributed by atoms with Crippen molar-refractivity contribution < 1.29 is 19.0 Å². The Labute approximate surface area is 135 Å². The van der Waals surface area contributed by atoms with Crippen LogP contribution in [0.3, 0.4) is 0 Å². The molecule has 2 rings (SSSR count). The third kappa shape index (κ3) is 3.88. The van der Waals surface area contributed by atoms with Crippen molar-refractivity contribution in [1.82, 2.24) is 10.2 Å². The van der Waals surface area contributed by atoms with E-state index >= 15 is 0 Å². The zero-order chi connectivity index (χ0) is 16.9. The average molecular weight is 318 g/mol. The van der Waals surface area contributed by atoms with Crippen LogP contribution in [0, 0.1) is 5.41 Å². The number of hydrogen-bond acceptors (Lipinski definition) is 6. The summed E-state index contributed by atoms with van der Waals surface area (Å²) in [6.45, 7) is 6.06. The minimum atomic E-state index is -0.480. The molecular formula is C17H22N2O4. The smallest absolute Gasteiger partial charge is 0.311 e. The maximum Gasteiger partial charge on any atom is 0.311 e. The Morgan fingerprint density at radius 3 is 2.30 bits per heavy atom. The first-order chi connectivity index (χ1) is 11.0. The van der Waals surface area contributed by atoms with Crippen LogP contribution >= 0.6 is 0 Å². The summed E-state index contributed by atoms with van der Waals surface area (Å²) in [5.74, 6) is 0.616. The molecule has 0 N–H and O–H groups in total. The summed E-state index contributed by atoms with van der Waals surface area (Å²) in [5.41, 5.74) is -0.480. The SMILES string of the molecule is CCC(C)(C)C(=O)OCCOc1nnc(OC)c2ccccc12. The van der Waals surface area contributed by atoms with Crippen molar-refractivity contribution in [2.75, 3.05) is 20.3 Å². The molecule has 0 bridgehead atoms. The van der Waals surface area contributed by atoms with E-state index in [0.717, 1.165) is 17.2 Å². The molecule has 0 aliphatic rings. The second kappa shape index (κ2) is 7.26. The third-order valence-corrected chi connectivity index (χ3v) is 3.80. The lowest BCUT2D eigenvalue weighted by Crippen LogP contribution is -2.27. The second-order valence-electron chi connectivity index (χ2n) is 5.78. The molecule has 0 unspecified atom stereocenters. The Bertz CT molecular complexity index is 685. The van der Waals surface area contributed by atoms with Crippen molar-refractivity contribution in [2.45, 2.75) is 27.2 Å². The van der Waals surface area contributed by atoms with Crippen LogP contribution < -0.4 is 9.47 Å². The molecule has 0 aliphatic heterocycles. The molecule has 0 saturated carbocycles. The summed E-state index contributed by atoms with van der Waals surface area (Å²) in [6.07, 6.45) is 0.723. The van der Waals surface area contributed by atoms with Crippen molar-refractivity contribution >= 4 is 16.7 Å². The Balaban J connectivity index is 2.00. The molecule has 0 radical (unpaired) electrons. The molecule has 6 heteroatoms. The van der Waals surface area contributed by atoms with Crippen LogP contribution in [0.2, 0.25) is 0 Å². The van der Waals surface area contributed by atoms with Gasteiger partial charge in [-0.25, -0.2) is 0 Å². The molecule has 0 amide bonds. The van der Waals surface area contributed by atoms with Crippen LogP contribution in [-0.2, 0) is 9.53 Å². The van der Waals surface area contributed by atoms with Crippen molar-refractivity contribution in [3.8, 4) is 11.8 Å². The van der Waals surface area contributed by atoms with Gasteiger partial charge in [0.2, 0.25) is 11.8 Å².